The Bertz CT molecular complexity index is 1520. The van der Waals surface area contributed by atoms with Gasteiger partial charge in [-0.3, -0.25) is 0 Å². The lowest BCUT2D eigenvalue weighted by Gasteiger charge is -2.46. The van der Waals surface area contributed by atoms with Gasteiger partial charge >= 0.3 is 11.9 Å². The molecule has 2 atom stereocenters. The normalized spacial score (nSPS) is 14.1. The smallest absolute Gasteiger partial charge is 0.375 e. The zero-order valence-corrected chi connectivity index (χ0v) is 21.0. The second kappa shape index (κ2) is 10.3. The lowest BCUT2D eigenvalue weighted by Crippen LogP contribution is -2.56. The van der Waals surface area contributed by atoms with Crippen LogP contribution in [-0.4, -0.2) is 11.9 Å². The first kappa shape index (κ1) is 24.8. The molecule has 0 aliphatic carbocycles. The third-order valence-corrected chi connectivity index (χ3v) is 6.53. The zero-order chi connectivity index (χ0) is 27.4. The molecule has 4 heterocycles. The number of carbonyl (C=O) groups excluding carboxylic acids is 2. The predicted octanol–water partition coefficient (Wildman–Crippen LogP) is 6.96. The highest BCUT2D eigenvalue weighted by Gasteiger charge is 2.66. The third kappa shape index (κ3) is 4.03. The van der Waals surface area contributed by atoms with E-state index in [2.05, 4.69) is 0 Å². The first-order chi connectivity index (χ1) is 19.6. The maximum Gasteiger partial charge on any atom is 0.375 e. The van der Waals surface area contributed by atoms with Gasteiger partial charge in [-0.25, -0.2) is 9.59 Å². The van der Waals surface area contributed by atoms with Crippen molar-refractivity contribution in [1.82, 2.24) is 0 Å². The first-order valence-corrected chi connectivity index (χ1v) is 12.4. The summed E-state index contributed by atoms with van der Waals surface area (Å²) in [6.07, 6.45) is 5.61. The zero-order valence-electron chi connectivity index (χ0n) is 21.0. The van der Waals surface area contributed by atoms with E-state index in [9.17, 15) is 9.59 Å². The van der Waals surface area contributed by atoms with Gasteiger partial charge in [-0.05, 0) is 48.5 Å². The van der Waals surface area contributed by atoms with Crippen molar-refractivity contribution in [2.24, 2.45) is 0 Å². The summed E-state index contributed by atoms with van der Waals surface area (Å²) in [5.41, 5.74) is -3.11. The number of furan rings is 4. The van der Waals surface area contributed by atoms with Crippen molar-refractivity contribution in [2.45, 2.75) is 11.2 Å². The molecule has 0 saturated carbocycles. The van der Waals surface area contributed by atoms with E-state index in [1.807, 2.05) is 12.1 Å². The quantitative estimate of drug-likeness (QED) is 0.183. The predicted molar refractivity (Wildman–Crippen MR) is 140 cm³/mol. The van der Waals surface area contributed by atoms with Gasteiger partial charge in [-0.2, -0.15) is 0 Å². The van der Waals surface area contributed by atoms with Crippen LogP contribution in [0.15, 0.2) is 152 Å². The SMILES string of the molecule is O=C(OC(c1ccccc1)(c1ccco1)C(OC(=O)c1ccco1)(c1ccccc1)c1ccco1)c1ccco1. The Kier molecular flexibility index (Phi) is 6.41. The summed E-state index contributed by atoms with van der Waals surface area (Å²) in [6.45, 7) is 0. The fraction of sp³-hybridized carbons (Fsp3) is 0.0625. The van der Waals surface area contributed by atoms with Crippen molar-refractivity contribution >= 4 is 11.9 Å². The Labute approximate surface area is 228 Å². The molecule has 0 radical (unpaired) electrons. The Morgan fingerprint density at radius 1 is 0.450 bits per heavy atom. The average molecular weight is 535 g/mol. The summed E-state index contributed by atoms with van der Waals surface area (Å²) in [4.78, 5) is 27.6. The second-order valence-electron chi connectivity index (χ2n) is 8.78. The molecule has 6 rings (SSSR count). The van der Waals surface area contributed by atoms with E-state index in [1.165, 1.54) is 37.2 Å². The van der Waals surface area contributed by atoms with Gasteiger partial charge in [0.2, 0.25) is 22.7 Å². The molecule has 0 spiro atoms. The van der Waals surface area contributed by atoms with Crippen LogP contribution in [0.2, 0.25) is 0 Å². The Balaban J connectivity index is 1.74. The summed E-state index contributed by atoms with van der Waals surface area (Å²) in [5.74, 6) is -1.47. The van der Waals surface area contributed by atoms with E-state index in [4.69, 9.17) is 27.1 Å². The molecule has 0 aliphatic heterocycles. The number of ether oxygens (including phenoxy) is 2. The van der Waals surface area contributed by atoms with Crippen molar-refractivity contribution in [3.8, 4) is 0 Å². The number of esters is 2. The monoisotopic (exact) mass is 534 g/mol. The lowest BCUT2D eigenvalue weighted by molar-refractivity contribution is -0.146. The van der Waals surface area contributed by atoms with Crippen LogP contribution in [0.1, 0.15) is 43.8 Å². The minimum absolute atomic E-state index is 0.0642. The van der Waals surface area contributed by atoms with E-state index >= 15 is 0 Å². The molecule has 0 aliphatic rings. The maximum atomic E-state index is 13.8. The molecular formula is C32H22O8. The maximum absolute atomic E-state index is 13.8. The number of hydrogen-bond donors (Lipinski definition) is 0. The summed E-state index contributed by atoms with van der Waals surface area (Å²) in [7, 11) is 0. The van der Waals surface area contributed by atoms with E-state index in [1.54, 1.807) is 84.9 Å². The highest BCUT2D eigenvalue weighted by Crippen LogP contribution is 2.55. The molecule has 2 aromatic carbocycles. The molecule has 4 aromatic heterocycles. The van der Waals surface area contributed by atoms with E-state index in [0.29, 0.717) is 11.1 Å². The van der Waals surface area contributed by atoms with Gasteiger partial charge in [0, 0.05) is 11.1 Å². The third-order valence-electron chi connectivity index (χ3n) is 6.53. The molecule has 0 bridgehead atoms. The Morgan fingerprint density at radius 2 is 0.825 bits per heavy atom. The minimum Gasteiger partial charge on any atom is -0.464 e. The minimum atomic E-state index is -1.98. The van der Waals surface area contributed by atoms with Gasteiger partial charge < -0.3 is 27.1 Å². The fourth-order valence-corrected chi connectivity index (χ4v) is 4.87. The number of rotatable bonds is 9. The number of carbonyl (C=O) groups is 2. The fourth-order valence-electron chi connectivity index (χ4n) is 4.87. The van der Waals surface area contributed by atoms with Crippen LogP contribution in [0.4, 0.5) is 0 Å². The summed E-state index contributed by atoms with van der Waals surface area (Å²) in [6, 6.07) is 30.4. The molecule has 0 amide bonds. The van der Waals surface area contributed by atoms with Crippen molar-refractivity contribution < 1.29 is 36.7 Å². The lowest BCUT2D eigenvalue weighted by atomic mass is 9.69. The van der Waals surface area contributed by atoms with E-state index < -0.39 is 23.1 Å². The van der Waals surface area contributed by atoms with Crippen LogP contribution in [0, 0.1) is 0 Å². The van der Waals surface area contributed by atoms with Gasteiger partial charge in [-0.15, -0.1) is 0 Å². The van der Waals surface area contributed by atoms with Crippen molar-refractivity contribution in [3.63, 3.8) is 0 Å². The van der Waals surface area contributed by atoms with Crippen LogP contribution < -0.4 is 0 Å². The molecule has 40 heavy (non-hydrogen) atoms. The highest BCUT2D eigenvalue weighted by atomic mass is 16.6. The standard InChI is InChI=1S/C32H22O8/c33-29(25-15-7-19-35-25)39-31(27-17-9-21-37-27,23-11-3-1-4-12-23)32(28-18-10-22-38-28,24-13-5-2-6-14-24)40-30(34)26-16-8-20-36-26/h1-22H. The summed E-state index contributed by atoms with van der Waals surface area (Å²) in [5, 5.41) is 0. The molecule has 198 valence electrons. The molecule has 8 nitrogen and oxygen atoms in total. The van der Waals surface area contributed by atoms with Gasteiger partial charge in [0.05, 0.1) is 25.1 Å². The van der Waals surface area contributed by atoms with Gasteiger partial charge in [0.25, 0.3) is 0 Å². The summed E-state index contributed by atoms with van der Waals surface area (Å²) < 4.78 is 35.8. The second-order valence-corrected chi connectivity index (χ2v) is 8.78. The highest BCUT2D eigenvalue weighted by molar-refractivity contribution is 5.88. The molecule has 6 aromatic rings. The van der Waals surface area contributed by atoms with Crippen molar-refractivity contribution in [1.29, 1.82) is 0 Å². The average Bonchev–Trinajstić information content (AvgIpc) is 3.83. The van der Waals surface area contributed by atoms with E-state index in [0.717, 1.165) is 0 Å². The van der Waals surface area contributed by atoms with Crippen LogP contribution in [0.5, 0.6) is 0 Å². The van der Waals surface area contributed by atoms with Crippen LogP contribution >= 0.6 is 0 Å². The molecule has 0 fully saturated rings. The molecule has 0 saturated heterocycles. The topological polar surface area (TPSA) is 105 Å². The largest absolute Gasteiger partial charge is 0.464 e. The number of hydrogen-bond acceptors (Lipinski definition) is 8. The van der Waals surface area contributed by atoms with Gasteiger partial charge in [0.15, 0.2) is 11.5 Å². The Morgan fingerprint density at radius 3 is 1.15 bits per heavy atom. The molecular weight excluding hydrogens is 512 g/mol. The van der Waals surface area contributed by atoms with Crippen molar-refractivity contribution in [3.05, 3.63) is 168 Å². The van der Waals surface area contributed by atoms with Crippen LogP contribution in [0.3, 0.4) is 0 Å². The number of benzene rings is 2. The Hall–Kier alpha value is -5.50. The molecule has 2 unspecified atom stereocenters. The van der Waals surface area contributed by atoms with Crippen LogP contribution in [0.25, 0.3) is 0 Å². The van der Waals surface area contributed by atoms with Crippen LogP contribution in [-0.2, 0) is 20.7 Å². The summed E-state index contributed by atoms with van der Waals surface area (Å²) >= 11 is 0. The van der Waals surface area contributed by atoms with Crippen molar-refractivity contribution in [2.75, 3.05) is 0 Å². The first-order valence-electron chi connectivity index (χ1n) is 12.4. The molecule has 8 heteroatoms. The molecule has 0 N–H and O–H groups in total. The van der Waals surface area contributed by atoms with Gasteiger partial charge in [0.1, 0.15) is 0 Å². The van der Waals surface area contributed by atoms with Gasteiger partial charge in [-0.1, -0.05) is 60.7 Å². The van der Waals surface area contributed by atoms with E-state index in [-0.39, 0.29) is 23.0 Å².